The van der Waals surface area contributed by atoms with Crippen LogP contribution in [0.15, 0.2) is 180 Å². The summed E-state index contributed by atoms with van der Waals surface area (Å²) in [5.74, 6) is 0.689. The van der Waals surface area contributed by atoms with Crippen LogP contribution in [0.2, 0.25) is 0 Å². The van der Waals surface area contributed by atoms with Crippen LogP contribution in [-0.4, -0.2) is 9.97 Å². The molecule has 0 fully saturated rings. The fourth-order valence-corrected chi connectivity index (χ4v) is 10.5. The minimum Gasteiger partial charge on any atom is -0.455 e. The summed E-state index contributed by atoms with van der Waals surface area (Å²) in [6.45, 7) is 0. The van der Waals surface area contributed by atoms with Crippen molar-refractivity contribution in [1.82, 2.24) is 9.97 Å². The highest BCUT2D eigenvalue weighted by Gasteiger charge is 2.29. The third-order valence-corrected chi connectivity index (χ3v) is 13.0. The Hall–Kier alpha value is -7.34. The molecule has 4 heterocycles. The van der Waals surface area contributed by atoms with Gasteiger partial charge < -0.3 is 9.32 Å². The third kappa shape index (κ3) is 4.32. The number of para-hydroxylation sites is 2. The first-order valence-corrected chi connectivity index (χ1v) is 20.1. The SMILES string of the molecule is c1ccc2c3c(ccc2c1)N(c1ccc(-c2nc(-c4cccc5c4oc4ccccc45)c4sc5ccccc5c4n2)c2ccccc12)c1cccc2cccc-3c12. The van der Waals surface area contributed by atoms with Crippen molar-refractivity contribution in [3.05, 3.63) is 176 Å². The van der Waals surface area contributed by atoms with Gasteiger partial charge in [-0.15, -0.1) is 11.3 Å². The normalized spacial score (nSPS) is 12.5. The Labute approximate surface area is 330 Å². The molecular formula is C52H29N3OS. The predicted molar refractivity (Wildman–Crippen MR) is 239 cm³/mol. The lowest BCUT2D eigenvalue weighted by Crippen LogP contribution is -2.15. The first-order valence-electron chi connectivity index (χ1n) is 19.2. The van der Waals surface area contributed by atoms with Gasteiger partial charge in [0.05, 0.1) is 33.0 Å². The Balaban J connectivity index is 1.09. The molecule has 0 bridgehead atoms. The van der Waals surface area contributed by atoms with E-state index in [1.165, 1.54) is 48.7 Å². The lowest BCUT2D eigenvalue weighted by Gasteiger charge is -2.35. The van der Waals surface area contributed by atoms with Crippen molar-refractivity contribution in [3.8, 4) is 33.8 Å². The fourth-order valence-electron chi connectivity index (χ4n) is 9.34. The molecule has 3 aromatic heterocycles. The van der Waals surface area contributed by atoms with Gasteiger partial charge in [0.1, 0.15) is 11.2 Å². The first-order chi connectivity index (χ1) is 28.3. The maximum absolute atomic E-state index is 6.60. The average Bonchev–Trinajstić information content (AvgIpc) is 3.85. The topological polar surface area (TPSA) is 42.2 Å². The van der Waals surface area contributed by atoms with Crippen LogP contribution in [0.5, 0.6) is 0 Å². The van der Waals surface area contributed by atoms with Gasteiger partial charge in [0, 0.05) is 48.3 Å². The van der Waals surface area contributed by atoms with Crippen LogP contribution in [0.25, 0.3) is 108 Å². The molecule has 0 saturated carbocycles. The lowest BCUT2D eigenvalue weighted by atomic mass is 9.87. The molecule has 0 amide bonds. The van der Waals surface area contributed by atoms with E-state index in [9.17, 15) is 0 Å². The Morgan fingerprint density at radius 2 is 1.12 bits per heavy atom. The maximum atomic E-state index is 6.60. The molecule has 4 nitrogen and oxygen atoms in total. The monoisotopic (exact) mass is 743 g/mol. The van der Waals surface area contributed by atoms with Crippen molar-refractivity contribution in [3.63, 3.8) is 0 Å². The van der Waals surface area contributed by atoms with Gasteiger partial charge >= 0.3 is 0 Å². The number of fused-ring (bicyclic) bond motifs is 11. The second-order valence-electron chi connectivity index (χ2n) is 14.8. The third-order valence-electron chi connectivity index (χ3n) is 11.8. The Morgan fingerprint density at radius 1 is 0.439 bits per heavy atom. The lowest BCUT2D eigenvalue weighted by molar-refractivity contribution is 0.670. The van der Waals surface area contributed by atoms with Gasteiger partial charge in [0.25, 0.3) is 0 Å². The van der Waals surface area contributed by atoms with Gasteiger partial charge in [-0.05, 0) is 69.6 Å². The second-order valence-corrected chi connectivity index (χ2v) is 15.9. The summed E-state index contributed by atoms with van der Waals surface area (Å²) < 4.78 is 8.84. The summed E-state index contributed by atoms with van der Waals surface area (Å²) in [7, 11) is 0. The van der Waals surface area contributed by atoms with Crippen LogP contribution in [0.1, 0.15) is 0 Å². The molecule has 0 spiro atoms. The Kier molecular flexibility index (Phi) is 6.29. The molecule has 1 aliphatic rings. The predicted octanol–water partition coefficient (Wildman–Crippen LogP) is 15.0. The minimum atomic E-state index is 0.689. The van der Waals surface area contributed by atoms with Crippen molar-refractivity contribution < 1.29 is 4.42 Å². The number of anilines is 3. The zero-order valence-corrected chi connectivity index (χ0v) is 31.2. The maximum Gasteiger partial charge on any atom is 0.161 e. The highest BCUT2D eigenvalue weighted by molar-refractivity contribution is 7.26. The summed E-state index contributed by atoms with van der Waals surface area (Å²) in [5, 5.41) is 10.5. The zero-order valence-electron chi connectivity index (χ0n) is 30.4. The highest BCUT2D eigenvalue weighted by atomic mass is 32.1. The van der Waals surface area contributed by atoms with Gasteiger partial charge in [-0.1, -0.05) is 133 Å². The number of benzene rings is 9. The summed E-state index contributed by atoms with van der Waals surface area (Å²) in [5.41, 5.74) is 11.5. The van der Waals surface area contributed by atoms with E-state index in [2.05, 4.69) is 169 Å². The number of hydrogen-bond donors (Lipinski definition) is 0. The molecule has 12 aromatic rings. The molecule has 264 valence electrons. The number of aromatic nitrogens is 2. The highest BCUT2D eigenvalue weighted by Crippen LogP contribution is 2.54. The van der Waals surface area contributed by atoms with Crippen LogP contribution in [0, 0.1) is 0 Å². The smallest absolute Gasteiger partial charge is 0.161 e. The zero-order chi connectivity index (χ0) is 37.2. The average molecular weight is 744 g/mol. The van der Waals surface area contributed by atoms with Crippen LogP contribution >= 0.6 is 11.3 Å². The molecule has 57 heavy (non-hydrogen) atoms. The quantitative estimate of drug-likeness (QED) is 0.181. The van der Waals surface area contributed by atoms with Crippen LogP contribution < -0.4 is 4.90 Å². The van der Waals surface area contributed by atoms with E-state index >= 15 is 0 Å². The Morgan fingerprint density at radius 3 is 2.04 bits per heavy atom. The molecule has 0 atom stereocenters. The second kappa shape index (κ2) is 11.6. The van der Waals surface area contributed by atoms with Gasteiger partial charge in [-0.3, -0.25) is 0 Å². The first kappa shape index (κ1) is 30.9. The molecule has 0 N–H and O–H groups in total. The molecule has 0 saturated heterocycles. The van der Waals surface area contributed by atoms with Crippen LogP contribution in [-0.2, 0) is 0 Å². The number of thiophene rings is 1. The van der Waals surface area contributed by atoms with Crippen LogP contribution in [0.4, 0.5) is 17.1 Å². The largest absolute Gasteiger partial charge is 0.455 e. The van der Waals surface area contributed by atoms with E-state index in [1.807, 2.05) is 12.1 Å². The summed E-state index contributed by atoms with van der Waals surface area (Å²) in [6, 6.07) is 63.0. The summed E-state index contributed by atoms with van der Waals surface area (Å²) >= 11 is 1.74. The number of hydrogen-bond acceptors (Lipinski definition) is 5. The van der Waals surface area contributed by atoms with Crippen molar-refractivity contribution in [2.45, 2.75) is 0 Å². The van der Waals surface area contributed by atoms with E-state index in [0.717, 1.165) is 70.8 Å². The fraction of sp³-hybridized carbons (Fsp3) is 0. The van der Waals surface area contributed by atoms with Crippen molar-refractivity contribution in [1.29, 1.82) is 0 Å². The van der Waals surface area contributed by atoms with E-state index in [1.54, 1.807) is 11.3 Å². The standard InChI is InChI=1S/C52H29N3OS/c1-2-15-32-30(12-1)26-28-43-47(32)39-21-9-13-31-14-10-23-42(46(31)39)55(43)41-29-27-37(33-16-3-4-17-34(33)41)52-53-48-38-19-6-8-25-45(38)57-51(48)49(54-52)40-22-11-20-36-35-18-5-7-24-44(35)56-50(36)40/h1-29H. The molecule has 0 aliphatic carbocycles. The molecule has 0 unspecified atom stereocenters. The van der Waals surface area contributed by atoms with Gasteiger partial charge in [0.2, 0.25) is 0 Å². The molecular weight excluding hydrogens is 715 g/mol. The molecule has 0 radical (unpaired) electrons. The van der Waals surface area contributed by atoms with E-state index in [4.69, 9.17) is 14.4 Å². The summed E-state index contributed by atoms with van der Waals surface area (Å²) in [4.78, 5) is 13.4. The van der Waals surface area contributed by atoms with Gasteiger partial charge in [-0.25, -0.2) is 9.97 Å². The minimum absolute atomic E-state index is 0.689. The summed E-state index contributed by atoms with van der Waals surface area (Å²) in [6.07, 6.45) is 0. The molecule has 13 rings (SSSR count). The van der Waals surface area contributed by atoms with Gasteiger partial charge in [-0.2, -0.15) is 0 Å². The van der Waals surface area contributed by atoms with E-state index in [0.29, 0.717) is 5.82 Å². The van der Waals surface area contributed by atoms with Gasteiger partial charge in [0.15, 0.2) is 5.82 Å². The molecule has 5 heteroatoms. The van der Waals surface area contributed by atoms with E-state index in [-0.39, 0.29) is 0 Å². The number of rotatable bonds is 3. The Bertz CT molecular complexity index is 3670. The molecule has 9 aromatic carbocycles. The van der Waals surface area contributed by atoms with E-state index < -0.39 is 0 Å². The number of furan rings is 1. The van der Waals surface area contributed by atoms with Crippen molar-refractivity contribution >= 4 is 103 Å². The number of nitrogens with zero attached hydrogens (tertiary/aromatic N) is 3. The molecule has 1 aliphatic heterocycles. The van der Waals surface area contributed by atoms with Crippen LogP contribution in [0.3, 0.4) is 0 Å². The van der Waals surface area contributed by atoms with Crippen molar-refractivity contribution in [2.75, 3.05) is 4.90 Å². The van der Waals surface area contributed by atoms with Crippen molar-refractivity contribution in [2.24, 2.45) is 0 Å².